The number of alkyl halides is 3. The summed E-state index contributed by atoms with van der Waals surface area (Å²) >= 11 is 0. The van der Waals surface area contributed by atoms with Crippen LogP contribution in [0.25, 0.3) is 21.5 Å². The summed E-state index contributed by atoms with van der Waals surface area (Å²) in [7, 11) is 0. The van der Waals surface area contributed by atoms with Crippen molar-refractivity contribution in [2.24, 2.45) is 0 Å². The summed E-state index contributed by atoms with van der Waals surface area (Å²) in [5.41, 5.74) is 0.348. The largest absolute Gasteiger partial charge is 0.391 e. The second-order valence-corrected chi connectivity index (χ2v) is 5.07. The van der Waals surface area contributed by atoms with Crippen LogP contribution < -0.4 is 0 Å². The molecule has 0 aliphatic rings. The van der Waals surface area contributed by atoms with Crippen LogP contribution in [-0.2, 0) is 0 Å². The van der Waals surface area contributed by atoms with E-state index < -0.39 is 18.7 Å². The number of fused-ring (bicyclic) bond motifs is 2. The van der Waals surface area contributed by atoms with E-state index in [9.17, 15) is 18.3 Å². The molecule has 0 aliphatic carbocycles. The molecule has 1 N–H and O–H groups in total. The van der Waals surface area contributed by atoms with Crippen LogP contribution in [0.2, 0.25) is 0 Å². The molecular formula is C17H13F3O. The molecule has 0 saturated heterocycles. The first-order valence-corrected chi connectivity index (χ1v) is 6.61. The van der Waals surface area contributed by atoms with Gasteiger partial charge in [0.1, 0.15) is 0 Å². The van der Waals surface area contributed by atoms with Crippen molar-refractivity contribution >= 4 is 21.5 Å². The Labute approximate surface area is 119 Å². The predicted octanol–water partition coefficient (Wildman–Crippen LogP) is 4.98. The van der Waals surface area contributed by atoms with Crippen LogP contribution in [0.3, 0.4) is 0 Å². The number of hydrogen-bond acceptors (Lipinski definition) is 1. The highest BCUT2D eigenvalue weighted by atomic mass is 19.4. The van der Waals surface area contributed by atoms with Gasteiger partial charge in [-0.15, -0.1) is 0 Å². The van der Waals surface area contributed by atoms with Crippen LogP contribution in [0.5, 0.6) is 0 Å². The molecule has 0 saturated carbocycles. The van der Waals surface area contributed by atoms with Gasteiger partial charge in [-0.05, 0) is 33.2 Å². The first-order valence-electron chi connectivity index (χ1n) is 6.61. The Hall–Kier alpha value is -2.07. The molecule has 1 unspecified atom stereocenters. The van der Waals surface area contributed by atoms with E-state index in [1.807, 2.05) is 30.3 Å². The quantitative estimate of drug-likeness (QED) is 0.660. The Bertz CT molecular complexity index is 739. The molecule has 0 aromatic heterocycles. The van der Waals surface area contributed by atoms with Gasteiger partial charge in [-0.3, -0.25) is 0 Å². The molecule has 0 aliphatic heterocycles. The molecule has 0 heterocycles. The van der Waals surface area contributed by atoms with E-state index in [0.29, 0.717) is 16.3 Å². The van der Waals surface area contributed by atoms with Gasteiger partial charge in [0.2, 0.25) is 0 Å². The van der Waals surface area contributed by atoms with Gasteiger partial charge in [-0.25, -0.2) is 0 Å². The van der Waals surface area contributed by atoms with Crippen molar-refractivity contribution in [1.29, 1.82) is 0 Å². The van der Waals surface area contributed by atoms with E-state index in [2.05, 4.69) is 0 Å². The van der Waals surface area contributed by atoms with Crippen molar-refractivity contribution in [2.45, 2.75) is 18.7 Å². The van der Waals surface area contributed by atoms with Crippen LogP contribution in [0.4, 0.5) is 13.2 Å². The first kappa shape index (κ1) is 13.9. The maximum atomic E-state index is 12.6. The zero-order chi connectivity index (χ0) is 15.0. The second kappa shape index (κ2) is 5.04. The van der Waals surface area contributed by atoms with Gasteiger partial charge in [0, 0.05) is 0 Å². The molecule has 0 spiro atoms. The highest BCUT2D eigenvalue weighted by Gasteiger charge is 2.33. The monoisotopic (exact) mass is 290 g/mol. The van der Waals surface area contributed by atoms with Crippen molar-refractivity contribution in [2.75, 3.05) is 0 Å². The van der Waals surface area contributed by atoms with Gasteiger partial charge in [0.25, 0.3) is 0 Å². The van der Waals surface area contributed by atoms with E-state index in [-0.39, 0.29) is 0 Å². The third-order valence-corrected chi connectivity index (χ3v) is 3.57. The van der Waals surface area contributed by atoms with Gasteiger partial charge >= 0.3 is 6.18 Å². The molecule has 0 fully saturated rings. The topological polar surface area (TPSA) is 20.2 Å². The van der Waals surface area contributed by atoms with Gasteiger partial charge in [0.15, 0.2) is 0 Å². The molecule has 0 radical (unpaired) electrons. The zero-order valence-corrected chi connectivity index (χ0v) is 11.1. The molecule has 0 amide bonds. The Morgan fingerprint density at radius 1 is 0.857 bits per heavy atom. The standard InChI is InChI=1S/C17H13F3O/c18-17(19,20)10-15(21)16-13-7-3-1-5-11(13)9-12-6-2-4-8-14(12)16/h1-9,15,21H,10H2. The lowest BCUT2D eigenvalue weighted by atomic mass is 9.92. The minimum atomic E-state index is -4.41. The summed E-state index contributed by atoms with van der Waals surface area (Å²) < 4.78 is 37.9. The van der Waals surface area contributed by atoms with Crippen LogP contribution in [-0.4, -0.2) is 11.3 Å². The van der Waals surface area contributed by atoms with Crippen molar-refractivity contribution < 1.29 is 18.3 Å². The Kier molecular flexibility index (Phi) is 3.33. The van der Waals surface area contributed by atoms with Crippen LogP contribution in [0.15, 0.2) is 54.6 Å². The number of benzene rings is 3. The van der Waals surface area contributed by atoms with Gasteiger partial charge in [0.05, 0.1) is 12.5 Å². The summed E-state index contributed by atoms with van der Waals surface area (Å²) in [6, 6.07) is 16.3. The molecule has 0 bridgehead atoms. The normalized spacial score (nSPS) is 13.7. The molecule has 108 valence electrons. The van der Waals surface area contributed by atoms with E-state index in [1.54, 1.807) is 24.3 Å². The Morgan fingerprint density at radius 3 is 1.81 bits per heavy atom. The van der Waals surface area contributed by atoms with E-state index in [4.69, 9.17) is 0 Å². The lowest BCUT2D eigenvalue weighted by molar-refractivity contribution is -0.153. The van der Waals surface area contributed by atoms with Gasteiger partial charge < -0.3 is 5.11 Å². The van der Waals surface area contributed by atoms with E-state index in [1.165, 1.54) is 0 Å². The van der Waals surface area contributed by atoms with Gasteiger partial charge in [-0.2, -0.15) is 13.2 Å². The maximum absolute atomic E-state index is 12.6. The summed E-state index contributed by atoms with van der Waals surface area (Å²) in [6.45, 7) is 0. The lowest BCUT2D eigenvalue weighted by Crippen LogP contribution is -2.14. The molecular weight excluding hydrogens is 277 g/mol. The summed E-state index contributed by atoms with van der Waals surface area (Å²) in [4.78, 5) is 0. The molecule has 3 aromatic rings. The summed E-state index contributed by atoms with van der Waals surface area (Å²) in [5.74, 6) is 0. The van der Waals surface area contributed by atoms with Crippen molar-refractivity contribution in [3.8, 4) is 0 Å². The van der Waals surface area contributed by atoms with Crippen LogP contribution >= 0.6 is 0 Å². The molecule has 21 heavy (non-hydrogen) atoms. The second-order valence-electron chi connectivity index (χ2n) is 5.07. The predicted molar refractivity (Wildman–Crippen MR) is 77.1 cm³/mol. The molecule has 3 rings (SSSR count). The smallest absolute Gasteiger partial charge is 0.388 e. The minimum Gasteiger partial charge on any atom is -0.388 e. The van der Waals surface area contributed by atoms with Crippen molar-refractivity contribution in [3.63, 3.8) is 0 Å². The van der Waals surface area contributed by atoms with Crippen molar-refractivity contribution in [1.82, 2.24) is 0 Å². The average Bonchev–Trinajstić information content (AvgIpc) is 2.42. The number of aliphatic hydroxyl groups is 1. The number of rotatable bonds is 2. The number of hydrogen-bond donors (Lipinski definition) is 1. The molecule has 3 aromatic carbocycles. The Morgan fingerprint density at radius 2 is 1.33 bits per heavy atom. The fourth-order valence-corrected chi connectivity index (χ4v) is 2.73. The van der Waals surface area contributed by atoms with E-state index >= 15 is 0 Å². The summed E-state index contributed by atoms with van der Waals surface area (Å²) in [5, 5.41) is 13.1. The number of halogens is 3. The SMILES string of the molecule is OC(CC(F)(F)F)c1c2ccccc2cc2ccccc12. The fourth-order valence-electron chi connectivity index (χ4n) is 2.73. The van der Waals surface area contributed by atoms with Crippen LogP contribution in [0.1, 0.15) is 18.1 Å². The lowest BCUT2D eigenvalue weighted by Gasteiger charge is -2.18. The maximum Gasteiger partial charge on any atom is 0.391 e. The first-order chi connectivity index (χ1) is 9.96. The molecule has 4 heteroatoms. The van der Waals surface area contributed by atoms with E-state index in [0.717, 1.165) is 10.8 Å². The average molecular weight is 290 g/mol. The summed E-state index contributed by atoms with van der Waals surface area (Å²) in [6.07, 6.45) is -7.22. The minimum absolute atomic E-state index is 0.348. The number of aliphatic hydroxyl groups excluding tert-OH is 1. The van der Waals surface area contributed by atoms with Crippen molar-refractivity contribution in [3.05, 3.63) is 60.2 Å². The highest BCUT2D eigenvalue weighted by Crippen LogP contribution is 2.37. The zero-order valence-electron chi connectivity index (χ0n) is 11.1. The third-order valence-electron chi connectivity index (χ3n) is 3.57. The highest BCUT2D eigenvalue weighted by molar-refractivity contribution is 6.02. The molecule has 1 atom stereocenters. The fraction of sp³-hybridized carbons (Fsp3) is 0.176. The van der Waals surface area contributed by atoms with Crippen LogP contribution in [0, 0.1) is 0 Å². The molecule has 1 nitrogen and oxygen atoms in total. The Balaban J connectivity index is 2.30. The van der Waals surface area contributed by atoms with Gasteiger partial charge in [-0.1, -0.05) is 48.5 Å². The third kappa shape index (κ3) is 2.72.